The van der Waals surface area contributed by atoms with Crippen LogP contribution in [0.4, 0.5) is 0 Å². The van der Waals surface area contributed by atoms with Gasteiger partial charge in [-0.15, -0.1) is 0 Å². The Balaban J connectivity index is 1.70. The first-order valence-corrected chi connectivity index (χ1v) is 22.4. The van der Waals surface area contributed by atoms with E-state index in [9.17, 15) is 24.0 Å². The summed E-state index contributed by atoms with van der Waals surface area (Å²) in [4.78, 5) is 63.6. The molecular weight excluding hydrogens is 833 g/mol. The van der Waals surface area contributed by atoms with Gasteiger partial charge in [0.2, 0.25) is 0 Å². The standard InChI is InChI=1S/C56H58O10/c1-32(2)51(57)62-42-22-12-37(13-23-42)47-48(38-14-24-43(25-15-38)63-52(58)33(3)4)50(40-18-28-45(29-19-40)65-54(60)35(7)8)56(11,41-20-30-46(31-21-41)66-55(61)36(9)10)49(47)39-16-26-44(27-17-39)64-53(59)34(5)6/h12-36H,1-11H3. The highest BCUT2D eigenvalue weighted by molar-refractivity contribution is 6.31. The molecule has 10 nitrogen and oxygen atoms in total. The Morgan fingerprint density at radius 2 is 0.515 bits per heavy atom. The normalized spacial score (nSPS) is 13.5. The summed E-state index contributed by atoms with van der Waals surface area (Å²) in [5.41, 5.74) is 6.46. The number of allylic oxidation sites excluding steroid dienone is 4. The molecule has 0 bridgehead atoms. The number of hydrogen-bond acceptors (Lipinski definition) is 10. The number of rotatable bonds is 15. The second kappa shape index (κ2) is 20.4. The Kier molecular flexibility index (Phi) is 15.0. The molecule has 5 aromatic carbocycles. The summed E-state index contributed by atoms with van der Waals surface area (Å²) in [6, 6.07) is 37.0. The number of carbonyl (C=O) groups excluding carboxylic acids is 5. The van der Waals surface area contributed by atoms with Gasteiger partial charge in [-0.3, -0.25) is 24.0 Å². The summed E-state index contributed by atoms with van der Waals surface area (Å²) < 4.78 is 28.7. The maximum Gasteiger partial charge on any atom is 0.313 e. The van der Waals surface area contributed by atoms with E-state index in [1.165, 1.54) is 0 Å². The smallest absolute Gasteiger partial charge is 0.313 e. The summed E-state index contributed by atoms with van der Waals surface area (Å²) in [6.45, 7) is 19.9. The predicted molar refractivity (Wildman–Crippen MR) is 256 cm³/mol. The second-order valence-corrected chi connectivity index (χ2v) is 18.1. The minimum atomic E-state index is -0.997. The first-order valence-electron chi connectivity index (χ1n) is 22.4. The van der Waals surface area contributed by atoms with Crippen LogP contribution in [0.25, 0.3) is 22.3 Å². The van der Waals surface area contributed by atoms with Gasteiger partial charge in [-0.25, -0.2) is 0 Å². The zero-order valence-electron chi connectivity index (χ0n) is 39.5. The Bertz CT molecular complexity index is 2490. The molecule has 0 unspecified atom stereocenters. The van der Waals surface area contributed by atoms with Crippen LogP contribution in [0.2, 0.25) is 0 Å². The van der Waals surface area contributed by atoms with Gasteiger partial charge in [0.15, 0.2) is 0 Å². The monoisotopic (exact) mass is 890 g/mol. The maximum absolute atomic E-state index is 12.7. The van der Waals surface area contributed by atoms with Gasteiger partial charge in [-0.05, 0) is 118 Å². The van der Waals surface area contributed by atoms with E-state index in [4.69, 9.17) is 23.7 Å². The van der Waals surface area contributed by atoms with Gasteiger partial charge >= 0.3 is 29.8 Å². The van der Waals surface area contributed by atoms with Crippen LogP contribution in [-0.2, 0) is 29.4 Å². The van der Waals surface area contributed by atoms with Crippen molar-refractivity contribution in [1.29, 1.82) is 0 Å². The van der Waals surface area contributed by atoms with E-state index in [-0.39, 0.29) is 59.4 Å². The summed E-state index contributed by atoms with van der Waals surface area (Å²) >= 11 is 0. The minimum Gasteiger partial charge on any atom is -0.426 e. The third-order valence-electron chi connectivity index (χ3n) is 11.2. The van der Waals surface area contributed by atoms with Crippen LogP contribution in [0.3, 0.4) is 0 Å². The van der Waals surface area contributed by atoms with E-state index in [0.717, 1.165) is 50.1 Å². The first kappa shape index (κ1) is 48.4. The molecule has 10 heteroatoms. The van der Waals surface area contributed by atoms with Crippen molar-refractivity contribution in [2.45, 2.75) is 81.6 Å². The Morgan fingerprint density at radius 1 is 0.318 bits per heavy atom. The Morgan fingerprint density at radius 3 is 0.727 bits per heavy atom. The van der Waals surface area contributed by atoms with Crippen LogP contribution in [0.1, 0.15) is 104 Å². The van der Waals surface area contributed by atoms with Crippen LogP contribution in [0.5, 0.6) is 28.7 Å². The average Bonchev–Trinajstić information content (AvgIpc) is 3.56. The molecule has 5 aromatic rings. The summed E-state index contributed by atoms with van der Waals surface area (Å²) in [6.07, 6.45) is 0. The molecule has 1 aliphatic rings. The zero-order valence-corrected chi connectivity index (χ0v) is 39.5. The molecule has 342 valence electrons. The molecule has 0 atom stereocenters. The number of esters is 5. The van der Waals surface area contributed by atoms with Crippen molar-refractivity contribution >= 4 is 52.1 Å². The van der Waals surface area contributed by atoms with E-state index >= 15 is 0 Å². The lowest BCUT2D eigenvalue weighted by atomic mass is 9.68. The molecule has 0 spiro atoms. The van der Waals surface area contributed by atoms with Crippen LogP contribution in [0.15, 0.2) is 121 Å². The van der Waals surface area contributed by atoms with Gasteiger partial charge in [0.05, 0.1) is 29.6 Å². The highest BCUT2D eigenvalue weighted by atomic mass is 16.6. The predicted octanol–water partition coefficient (Wildman–Crippen LogP) is 12.0. The maximum atomic E-state index is 12.7. The summed E-state index contributed by atoms with van der Waals surface area (Å²) in [7, 11) is 0. The highest BCUT2D eigenvalue weighted by Crippen LogP contribution is 2.62. The largest absolute Gasteiger partial charge is 0.426 e. The molecule has 0 amide bonds. The van der Waals surface area contributed by atoms with E-state index in [1.807, 2.05) is 60.7 Å². The fraction of sp³-hybridized carbons (Fsp3) is 0.304. The van der Waals surface area contributed by atoms with Crippen molar-refractivity contribution in [3.8, 4) is 28.7 Å². The fourth-order valence-corrected chi connectivity index (χ4v) is 7.39. The molecule has 0 heterocycles. The van der Waals surface area contributed by atoms with Crippen LogP contribution in [0, 0.1) is 29.6 Å². The van der Waals surface area contributed by atoms with Crippen molar-refractivity contribution in [2.24, 2.45) is 29.6 Å². The molecule has 0 aromatic heterocycles. The molecule has 0 saturated carbocycles. The van der Waals surface area contributed by atoms with Crippen molar-refractivity contribution in [1.82, 2.24) is 0 Å². The molecule has 0 N–H and O–H groups in total. The third kappa shape index (κ3) is 10.7. The number of carbonyl (C=O) groups is 5. The quantitative estimate of drug-likeness (QED) is 0.0739. The molecular formula is C56H58O10. The number of ether oxygens (including phenoxy) is 5. The van der Waals surface area contributed by atoms with Crippen LogP contribution < -0.4 is 23.7 Å². The highest BCUT2D eigenvalue weighted by Gasteiger charge is 2.47. The SMILES string of the molecule is CC(C)C(=O)Oc1ccc(C2=C(c3ccc(OC(=O)C(C)C)cc3)C(C)(c3ccc(OC(=O)C(C)C)cc3)C(c3ccc(OC(=O)C(C)C)cc3)=C2c2ccc(OC(=O)C(C)C)cc2)cc1. The second-order valence-electron chi connectivity index (χ2n) is 18.1. The van der Waals surface area contributed by atoms with Gasteiger partial charge in [0.1, 0.15) is 28.7 Å². The van der Waals surface area contributed by atoms with Gasteiger partial charge < -0.3 is 23.7 Å². The fourth-order valence-electron chi connectivity index (χ4n) is 7.39. The Hall–Kier alpha value is -7.07. The molecule has 0 radical (unpaired) electrons. The molecule has 66 heavy (non-hydrogen) atoms. The topological polar surface area (TPSA) is 132 Å². The lowest BCUT2D eigenvalue weighted by Gasteiger charge is -2.34. The van der Waals surface area contributed by atoms with Crippen molar-refractivity contribution in [3.63, 3.8) is 0 Å². The number of benzene rings is 5. The summed E-state index contributed by atoms with van der Waals surface area (Å²) in [5.74, 6) is -1.54. The van der Waals surface area contributed by atoms with E-state index in [0.29, 0.717) is 28.7 Å². The van der Waals surface area contributed by atoms with Crippen LogP contribution in [-0.4, -0.2) is 29.8 Å². The summed E-state index contributed by atoms with van der Waals surface area (Å²) in [5, 5.41) is 0. The third-order valence-corrected chi connectivity index (χ3v) is 11.2. The first-order chi connectivity index (χ1) is 31.3. The van der Waals surface area contributed by atoms with Gasteiger partial charge in [0, 0.05) is 5.41 Å². The van der Waals surface area contributed by atoms with Gasteiger partial charge in [-0.1, -0.05) is 130 Å². The van der Waals surface area contributed by atoms with E-state index in [2.05, 4.69) is 6.92 Å². The molecule has 6 rings (SSSR count). The molecule has 0 aliphatic heterocycles. The van der Waals surface area contributed by atoms with E-state index in [1.54, 1.807) is 130 Å². The lowest BCUT2D eigenvalue weighted by molar-refractivity contribution is -0.138. The zero-order chi connectivity index (χ0) is 48.0. The minimum absolute atomic E-state index is 0.335. The Labute approximate surface area is 387 Å². The average molecular weight is 891 g/mol. The molecule has 0 fully saturated rings. The van der Waals surface area contributed by atoms with E-state index < -0.39 is 5.41 Å². The van der Waals surface area contributed by atoms with Crippen molar-refractivity contribution in [3.05, 3.63) is 149 Å². The van der Waals surface area contributed by atoms with Crippen molar-refractivity contribution < 1.29 is 47.7 Å². The van der Waals surface area contributed by atoms with Gasteiger partial charge in [0.25, 0.3) is 0 Å². The van der Waals surface area contributed by atoms with Gasteiger partial charge in [-0.2, -0.15) is 0 Å². The lowest BCUT2D eigenvalue weighted by Crippen LogP contribution is -2.24. The number of hydrogen-bond donors (Lipinski definition) is 0. The molecule has 1 aliphatic carbocycles. The van der Waals surface area contributed by atoms with Crippen molar-refractivity contribution in [2.75, 3.05) is 0 Å². The van der Waals surface area contributed by atoms with Crippen LogP contribution >= 0.6 is 0 Å². The molecule has 0 saturated heterocycles.